The van der Waals surface area contributed by atoms with Gasteiger partial charge < -0.3 is 18.9 Å². The third-order valence-electron chi connectivity index (χ3n) is 1.81. The number of hydrogen-bond donors (Lipinski definition) is 1. The Bertz CT molecular complexity index is 255. The summed E-state index contributed by atoms with van der Waals surface area (Å²) >= 11 is 0. The van der Waals surface area contributed by atoms with E-state index in [1.165, 1.54) is 14.0 Å². The highest BCUT2D eigenvalue weighted by atomic mass is 31.2. The Hall–Kier alpha value is -0.190. The van der Waals surface area contributed by atoms with Crippen molar-refractivity contribution in [1.29, 1.82) is 0 Å². The smallest absolute Gasteiger partial charge is 0.353 e. The second-order valence-corrected chi connectivity index (χ2v) is 5.04. The van der Waals surface area contributed by atoms with Crippen molar-refractivity contribution in [3.63, 3.8) is 0 Å². The molecule has 0 saturated carbocycles. The van der Waals surface area contributed by atoms with E-state index >= 15 is 0 Å². The molecule has 6 heteroatoms. The topological polar surface area (TPSA) is 65.0 Å². The average Bonchev–Trinajstić information content (AvgIpc) is 2.16. The number of rotatable bonds is 7. The molecule has 0 bridgehead atoms. The largest absolute Gasteiger partial charge is 0.394 e. The molecule has 90 valence electrons. The fourth-order valence-electron chi connectivity index (χ4n) is 1.07. The van der Waals surface area contributed by atoms with Crippen LogP contribution in [0, 0.1) is 0 Å². The standard InChI is InChI=1S/C9H19O5P/c1-6-13-15(11,14-7-2)9(10,12-5)8(3)4/h10H,3,6-7H2,1-2,4-5H3. The second kappa shape index (κ2) is 5.77. The zero-order valence-electron chi connectivity index (χ0n) is 9.65. The normalized spacial score (nSPS) is 16.1. The summed E-state index contributed by atoms with van der Waals surface area (Å²) in [6.45, 7) is 8.62. The maximum atomic E-state index is 12.2. The summed E-state index contributed by atoms with van der Waals surface area (Å²) in [7, 11) is -2.54. The molecule has 0 amide bonds. The molecule has 0 aliphatic heterocycles. The lowest BCUT2D eigenvalue weighted by atomic mass is 10.3. The Kier molecular flexibility index (Phi) is 5.70. The van der Waals surface area contributed by atoms with Gasteiger partial charge in [0, 0.05) is 7.11 Å². The van der Waals surface area contributed by atoms with Gasteiger partial charge in [0.1, 0.15) is 0 Å². The zero-order chi connectivity index (χ0) is 12.1. The van der Waals surface area contributed by atoms with Crippen LogP contribution in [0.25, 0.3) is 0 Å². The monoisotopic (exact) mass is 238 g/mol. The van der Waals surface area contributed by atoms with E-state index in [4.69, 9.17) is 13.8 Å². The van der Waals surface area contributed by atoms with Crippen LogP contribution in [0.4, 0.5) is 0 Å². The summed E-state index contributed by atoms with van der Waals surface area (Å²) in [6.07, 6.45) is 0. The lowest BCUT2D eigenvalue weighted by Crippen LogP contribution is -2.34. The highest BCUT2D eigenvalue weighted by molar-refractivity contribution is 7.55. The van der Waals surface area contributed by atoms with Crippen LogP contribution in [-0.4, -0.2) is 31.0 Å². The van der Waals surface area contributed by atoms with E-state index in [1.54, 1.807) is 13.8 Å². The molecule has 1 N–H and O–H groups in total. The first-order valence-corrected chi connectivity index (χ1v) is 6.25. The van der Waals surface area contributed by atoms with Crippen LogP contribution >= 0.6 is 7.60 Å². The van der Waals surface area contributed by atoms with Gasteiger partial charge in [-0.3, -0.25) is 4.57 Å². The van der Waals surface area contributed by atoms with Crippen LogP contribution in [-0.2, 0) is 18.3 Å². The molecular weight excluding hydrogens is 219 g/mol. The zero-order valence-corrected chi connectivity index (χ0v) is 10.5. The molecule has 0 spiro atoms. The van der Waals surface area contributed by atoms with Crippen molar-refractivity contribution in [2.45, 2.75) is 26.3 Å². The summed E-state index contributed by atoms with van der Waals surface area (Å²) in [4.78, 5) is 0. The molecule has 15 heavy (non-hydrogen) atoms. The molecule has 1 unspecified atom stereocenters. The van der Waals surface area contributed by atoms with Gasteiger partial charge in [0.15, 0.2) is 0 Å². The maximum absolute atomic E-state index is 12.2. The quantitative estimate of drug-likeness (QED) is 0.418. The Morgan fingerprint density at radius 1 is 1.40 bits per heavy atom. The molecule has 0 aliphatic carbocycles. The van der Waals surface area contributed by atoms with Crippen molar-refractivity contribution in [1.82, 2.24) is 0 Å². The van der Waals surface area contributed by atoms with Gasteiger partial charge in [-0.25, -0.2) is 0 Å². The summed E-state index contributed by atoms with van der Waals surface area (Å²) in [6, 6.07) is 0. The Morgan fingerprint density at radius 3 is 2.00 bits per heavy atom. The van der Waals surface area contributed by atoms with Crippen LogP contribution in [0.15, 0.2) is 12.2 Å². The van der Waals surface area contributed by atoms with Crippen molar-refractivity contribution >= 4 is 7.60 Å². The Morgan fingerprint density at radius 2 is 1.80 bits per heavy atom. The van der Waals surface area contributed by atoms with Crippen LogP contribution in [0.5, 0.6) is 0 Å². The molecule has 0 aromatic rings. The molecule has 0 aromatic heterocycles. The number of hydrogen-bond acceptors (Lipinski definition) is 5. The minimum Gasteiger partial charge on any atom is -0.353 e. The van der Waals surface area contributed by atoms with E-state index in [-0.39, 0.29) is 18.8 Å². The Labute approximate surface area is 90.6 Å². The third kappa shape index (κ3) is 2.89. The van der Waals surface area contributed by atoms with Crippen molar-refractivity contribution in [3.8, 4) is 0 Å². The highest BCUT2D eigenvalue weighted by Crippen LogP contribution is 2.61. The molecule has 0 rings (SSSR count). The molecule has 0 radical (unpaired) electrons. The highest BCUT2D eigenvalue weighted by Gasteiger charge is 2.51. The molecule has 5 nitrogen and oxygen atoms in total. The van der Waals surface area contributed by atoms with Gasteiger partial charge in [-0.1, -0.05) is 6.58 Å². The van der Waals surface area contributed by atoms with Gasteiger partial charge in [0.25, 0.3) is 5.53 Å². The molecule has 0 saturated heterocycles. The molecule has 0 aliphatic rings. The molecule has 1 atom stereocenters. The Balaban J connectivity index is 5.19. The van der Waals surface area contributed by atoms with Crippen LogP contribution in [0.3, 0.4) is 0 Å². The van der Waals surface area contributed by atoms with E-state index in [2.05, 4.69) is 6.58 Å². The second-order valence-electron chi connectivity index (χ2n) is 2.93. The van der Waals surface area contributed by atoms with Crippen LogP contribution in [0.2, 0.25) is 0 Å². The fraction of sp³-hybridized carbons (Fsp3) is 0.778. The van der Waals surface area contributed by atoms with E-state index in [0.29, 0.717) is 0 Å². The molecule has 0 fully saturated rings. The van der Waals surface area contributed by atoms with Gasteiger partial charge in [-0.05, 0) is 26.3 Å². The van der Waals surface area contributed by atoms with E-state index in [1.807, 2.05) is 0 Å². The van der Waals surface area contributed by atoms with E-state index in [0.717, 1.165) is 0 Å². The van der Waals surface area contributed by atoms with Crippen molar-refractivity contribution in [2.24, 2.45) is 0 Å². The van der Waals surface area contributed by atoms with Crippen molar-refractivity contribution in [3.05, 3.63) is 12.2 Å². The predicted molar refractivity (Wildman–Crippen MR) is 57.6 cm³/mol. The average molecular weight is 238 g/mol. The maximum Gasteiger partial charge on any atom is 0.394 e. The van der Waals surface area contributed by atoms with Gasteiger partial charge in [-0.2, -0.15) is 0 Å². The summed E-state index contributed by atoms with van der Waals surface area (Å²) in [5.74, 6) is 0. The predicted octanol–water partition coefficient (Wildman–Crippen LogP) is 2.12. The lowest BCUT2D eigenvalue weighted by molar-refractivity contribution is -0.107. The minimum atomic E-state index is -3.76. The van der Waals surface area contributed by atoms with E-state index in [9.17, 15) is 9.67 Å². The minimum absolute atomic E-state index is 0.149. The summed E-state index contributed by atoms with van der Waals surface area (Å²) < 4.78 is 27.0. The SMILES string of the molecule is C=C(C)C(O)(OC)P(=O)(OCC)OCC. The molecule has 0 heterocycles. The summed E-state index contributed by atoms with van der Waals surface area (Å²) in [5, 5.41) is 10.0. The van der Waals surface area contributed by atoms with Crippen LogP contribution in [0.1, 0.15) is 20.8 Å². The third-order valence-corrected chi connectivity index (χ3v) is 4.31. The van der Waals surface area contributed by atoms with E-state index < -0.39 is 13.1 Å². The van der Waals surface area contributed by atoms with Gasteiger partial charge in [-0.15, -0.1) is 0 Å². The van der Waals surface area contributed by atoms with Gasteiger partial charge in [0.05, 0.1) is 13.2 Å². The first-order valence-electron chi connectivity index (χ1n) is 4.70. The molecule has 0 aromatic carbocycles. The first-order chi connectivity index (χ1) is 6.88. The lowest BCUT2D eigenvalue weighted by Gasteiger charge is -2.32. The first kappa shape index (κ1) is 14.8. The van der Waals surface area contributed by atoms with Crippen molar-refractivity contribution < 1.29 is 23.5 Å². The van der Waals surface area contributed by atoms with Crippen molar-refractivity contribution in [2.75, 3.05) is 20.3 Å². The number of aliphatic hydroxyl groups is 1. The van der Waals surface area contributed by atoms with Gasteiger partial charge >= 0.3 is 7.60 Å². The molecular formula is C9H19O5P. The number of ether oxygens (including phenoxy) is 1. The van der Waals surface area contributed by atoms with Crippen LogP contribution < -0.4 is 0 Å². The fourth-order valence-corrected chi connectivity index (χ4v) is 2.87. The number of methoxy groups -OCH3 is 1. The summed E-state index contributed by atoms with van der Waals surface area (Å²) in [5.41, 5.74) is -1.91. The van der Waals surface area contributed by atoms with Gasteiger partial charge in [0.2, 0.25) is 0 Å².